The second kappa shape index (κ2) is 32.2. The number of ether oxygens (including phenoxy) is 2. The molecule has 4 aliphatic rings. The van der Waals surface area contributed by atoms with E-state index in [4.69, 9.17) is 87.0 Å². The van der Waals surface area contributed by atoms with Crippen molar-refractivity contribution < 1.29 is 212 Å². The molecule has 0 saturated heterocycles. The van der Waals surface area contributed by atoms with Crippen LogP contribution in [0, 0.1) is 10.8 Å². The van der Waals surface area contributed by atoms with Crippen molar-refractivity contribution in [2.75, 3.05) is 39.7 Å². The van der Waals surface area contributed by atoms with Gasteiger partial charge in [0.05, 0.1) is 104 Å². The van der Waals surface area contributed by atoms with E-state index in [0.29, 0.717) is 18.2 Å². The van der Waals surface area contributed by atoms with Gasteiger partial charge in [0.25, 0.3) is 0 Å². The molecule has 0 radical (unpaired) electrons. The van der Waals surface area contributed by atoms with Gasteiger partial charge < -0.3 is 86.8 Å². The number of rotatable bonds is 14. The summed E-state index contributed by atoms with van der Waals surface area (Å²) in [4.78, 5) is 44.3. The summed E-state index contributed by atoms with van der Waals surface area (Å²) >= 11 is 23.8. The number of halogens is 10. The number of nitrogens with two attached hydrogens (primary N) is 2. The Kier molecular flexibility index (Phi) is 26.6. The maximum absolute atomic E-state index is 13.3. The van der Waals surface area contributed by atoms with Crippen molar-refractivity contribution in [3.63, 3.8) is 0 Å². The van der Waals surface area contributed by atoms with E-state index in [9.17, 15) is 138 Å². The third kappa shape index (κ3) is 21.8. The molecule has 6 aromatic carbocycles. The fourth-order valence-corrected chi connectivity index (χ4v) is 15.4. The molecule has 2 aliphatic carbocycles. The summed E-state index contributed by atoms with van der Waals surface area (Å²) in [5, 5.41) is 47.8. The number of anilines is 2. The molecule has 0 fully saturated rings. The zero-order valence-corrected chi connectivity index (χ0v) is 67.4. The van der Waals surface area contributed by atoms with E-state index in [1.807, 2.05) is 0 Å². The van der Waals surface area contributed by atoms with Gasteiger partial charge >= 0.3 is 96.4 Å². The number of carboxylic acids is 3. The first-order chi connectivity index (χ1) is 50.2. The minimum Gasteiger partial charge on any atom is -0.744 e. The van der Waals surface area contributed by atoms with Crippen LogP contribution in [0.1, 0.15) is 41.4 Å². The number of aromatic carboxylic acids is 3. The van der Waals surface area contributed by atoms with Gasteiger partial charge in [0.15, 0.2) is 34.2 Å². The number of carbonyl (C=O) groups excluding carboxylic acids is 4. The molecule has 0 spiro atoms. The summed E-state index contributed by atoms with van der Waals surface area (Å²) in [6, 6.07) is 16.9. The molecule has 10 rings (SSSR count). The van der Waals surface area contributed by atoms with Crippen molar-refractivity contribution >= 4 is 178 Å². The Morgan fingerprint density at radius 1 is 0.455 bits per heavy atom. The largest absolute Gasteiger partial charge is 1.00 e. The molecule has 0 saturated carbocycles. The average molecular weight is 1810 g/mol. The van der Waals surface area contributed by atoms with E-state index >= 15 is 0 Å². The fraction of sp³-hybridized carbons (Fsp3) is 0.0678. The number of nitrogen functional groups attached to an aromatic ring is 2. The van der Waals surface area contributed by atoms with Gasteiger partial charge in [0, 0.05) is 44.2 Å². The van der Waals surface area contributed by atoms with Crippen molar-refractivity contribution in [3.05, 3.63) is 162 Å². The minimum atomic E-state index is -10.7. The van der Waals surface area contributed by atoms with Crippen LogP contribution in [-0.2, 0) is 60.7 Å². The number of carboxylic acid groups (broad SMARTS) is 3. The number of hydrogen-bond donors (Lipinski definition) is 4. The van der Waals surface area contributed by atoms with E-state index in [2.05, 4.69) is 0 Å². The molecule has 112 heavy (non-hydrogen) atoms. The Morgan fingerprint density at radius 3 is 1.05 bits per heavy atom. The molecule has 35 nitrogen and oxygen atoms in total. The summed E-state index contributed by atoms with van der Waals surface area (Å²) in [6.45, 7) is 0. The average Bonchev–Trinajstić information content (AvgIpc) is 0.722. The number of benzene rings is 8. The van der Waals surface area contributed by atoms with Crippen molar-refractivity contribution in [2.24, 2.45) is 0 Å². The van der Waals surface area contributed by atoms with Gasteiger partial charge in [-0.2, -0.15) is 0 Å². The van der Waals surface area contributed by atoms with E-state index < -0.39 is 227 Å². The van der Waals surface area contributed by atoms with E-state index in [1.54, 1.807) is 37.7 Å². The summed E-state index contributed by atoms with van der Waals surface area (Å²) in [6.07, 6.45) is 0. The van der Waals surface area contributed by atoms with Crippen molar-refractivity contribution in [1.82, 2.24) is 4.90 Å². The normalized spacial score (nSPS) is 12.6. The smallest absolute Gasteiger partial charge is 0.744 e. The van der Waals surface area contributed by atoms with Gasteiger partial charge in [-0.25, -0.2) is 64.8 Å². The molecule has 596 valence electrons. The van der Waals surface area contributed by atoms with Crippen LogP contribution < -0.4 is 98.4 Å². The number of nitrogens with zero attached hydrogens (tertiary/aromatic N) is 2. The molecule has 0 unspecified atom stereocenters. The van der Waals surface area contributed by atoms with Gasteiger partial charge in [0.2, 0.25) is 0 Å². The first-order valence-corrected chi connectivity index (χ1v) is 40.3. The van der Waals surface area contributed by atoms with Crippen LogP contribution in [0.4, 0.5) is 36.6 Å². The summed E-state index contributed by atoms with van der Waals surface area (Å²) in [7, 11) is -35.2. The summed E-state index contributed by atoms with van der Waals surface area (Å²) < 4.78 is 295. The van der Waals surface area contributed by atoms with Crippen molar-refractivity contribution in [3.8, 4) is 56.4 Å². The summed E-state index contributed by atoms with van der Waals surface area (Å²) in [5.74, 6) is -9.09. The SMILES string of the molecule is CN(C)C(Oc1c(Cl)cc(S(=O)(=O)[O-])cc1Cl)=[N+](C)C.F[P-](F)(F)(F)(F)F.N=c1ccc2c(-c3cc(C(=O)Oc4c(Cl)cc(S(=O)(=O)[O-])cc4Cl)ccc3C(=O)[O-])c3ccc(N)c(S(=O)(=O)[O-])c3oc-2c1S(=O)(=O)[O-].N=c1ccc2c(-c3cc(C(=O)[O-])ccc3C(=O)[O-])c3ccc(N)c(S(=O)(=O)[O-])c3oc-2c1S(=O)(=O)[O-].[K+]. The maximum atomic E-state index is 13.3. The van der Waals surface area contributed by atoms with E-state index in [1.165, 1.54) is 0 Å². The van der Waals surface area contributed by atoms with Crippen LogP contribution in [0.3, 0.4) is 0 Å². The molecular formula is C59H36Cl4F6KN6O29PS6-8. The monoisotopic (exact) mass is 1810 g/mol. The van der Waals surface area contributed by atoms with Crippen LogP contribution in [0.2, 0.25) is 20.1 Å². The van der Waals surface area contributed by atoms with E-state index in [-0.39, 0.29) is 89.1 Å². The molecule has 6 N–H and O–H groups in total. The van der Waals surface area contributed by atoms with E-state index in [0.717, 1.165) is 97.1 Å². The number of amidine groups is 1. The minimum absolute atomic E-state index is 0. The van der Waals surface area contributed by atoms with Gasteiger partial charge in [-0.15, -0.1) is 0 Å². The molecule has 2 aliphatic heterocycles. The third-order valence-electron chi connectivity index (χ3n) is 14.2. The molecule has 0 bridgehead atoms. The number of nitrogens with one attached hydrogen (secondary N) is 2. The van der Waals surface area contributed by atoms with Gasteiger partial charge in [-0.1, -0.05) is 64.6 Å². The van der Waals surface area contributed by atoms with Crippen LogP contribution in [0.15, 0.2) is 147 Å². The standard InChI is InChI=1S/C27H16Cl2N2O14S3.C21H14N2O11S2.C11H14Cl2N2O4S.F6P.K/c28-16-8-11(46(35,36)37)9-17(29)23(16)45-27(34)10-1-2-12(26(32)33)15(7-10)20-13-3-5-18(30)24(47(38,39)40)21(13)44-22-14(20)4-6-19(31)25(22)48(41,42)43;22-13-5-3-10-15(12-7-8(20(24)25)1-2-9(12)21(26)27)11-4-6-14(23)19(36(31,32)33)17(11)34-16(10)18(13)35(28,29)30;1-14(2)11(15(3)4)19-10-8(12)5-7(6-9(10)13)20(16,17)18;1-7(2,3,4,5)6;/h1-9,30H,31H2,(H,32,33)(H,35,36,37)(H,38,39,40)(H,41,42,43);1-7,22H,23H2,(H,24,25)(H,26,27)(H,28,29,30)(H,31,32,33);5-6H,1-4H3;;/q;;;-1;+1/p-8. The zero-order valence-electron chi connectivity index (χ0n) is 55.5. The Morgan fingerprint density at radius 2 is 0.768 bits per heavy atom. The number of hydrogen-bond acceptors (Lipinski definition) is 33. The molecule has 0 aromatic heterocycles. The van der Waals surface area contributed by atoms with Crippen LogP contribution in [0.25, 0.3) is 66.8 Å². The molecule has 6 aromatic rings. The molecule has 0 amide bonds. The Balaban J connectivity index is 0.000000267. The van der Waals surface area contributed by atoms with Gasteiger partial charge in [-0.05, 0) is 108 Å². The number of fused-ring (bicyclic) bond motifs is 4. The molecule has 0 atom stereocenters. The van der Waals surface area contributed by atoms with Crippen LogP contribution >= 0.6 is 54.2 Å². The second-order valence-electron chi connectivity index (χ2n) is 22.4. The number of carbonyl (C=O) groups is 4. The predicted octanol–water partition coefficient (Wildman–Crippen LogP) is 2.52. The first kappa shape index (κ1) is 92.6. The Hall–Kier alpha value is -8.28. The topological polar surface area (TPSA) is 631 Å². The Bertz CT molecular complexity index is 6490. The fourth-order valence-electron chi connectivity index (χ4n) is 10.1. The van der Waals surface area contributed by atoms with Crippen LogP contribution in [0.5, 0.6) is 11.5 Å². The number of esters is 1. The van der Waals surface area contributed by atoms with Crippen LogP contribution in [-0.4, -0.2) is 145 Å². The van der Waals surface area contributed by atoms with Crippen molar-refractivity contribution in [1.29, 1.82) is 10.8 Å². The molecule has 2 heterocycles. The van der Waals surface area contributed by atoms with Crippen molar-refractivity contribution in [2.45, 2.75) is 29.4 Å². The van der Waals surface area contributed by atoms with Gasteiger partial charge in [-0.3, -0.25) is 10.8 Å². The van der Waals surface area contributed by atoms with Gasteiger partial charge in [0.1, 0.15) is 80.3 Å². The molecular weight excluding hydrogens is 1770 g/mol. The quantitative estimate of drug-likeness (QED) is 0.0104. The third-order valence-corrected chi connectivity index (χ3v) is 20.6. The predicted molar refractivity (Wildman–Crippen MR) is 361 cm³/mol. The maximum Gasteiger partial charge on any atom is 1.00 e. The zero-order chi connectivity index (χ0) is 84.5. The Labute approximate surface area is 686 Å². The second-order valence-corrected chi connectivity index (χ2v) is 33.9. The first-order valence-electron chi connectivity index (χ1n) is 28.3. The molecule has 53 heteroatoms. The summed E-state index contributed by atoms with van der Waals surface area (Å²) in [5.41, 5.74) is 3.53.